The van der Waals surface area contributed by atoms with Gasteiger partial charge in [0.1, 0.15) is 10.7 Å². The molecule has 0 N–H and O–H groups in total. The zero-order valence-electron chi connectivity index (χ0n) is 14.5. The molecule has 0 saturated carbocycles. The molecule has 4 rings (SSSR count). The molecule has 1 saturated heterocycles. The summed E-state index contributed by atoms with van der Waals surface area (Å²) >= 11 is 3.19. The summed E-state index contributed by atoms with van der Waals surface area (Å²) in [5.41, 5.74) is 3.00. The van der Waals surface area contributed by atoms with Crippen molar-refractivity contribution in [1.82, 2.24) is 14.8 Å². The fourth-order valence-electron chi connectivity index (χ4n) is 3.23. The first kappa shape index (κ1) is 17.4. The molecule has 1 aromatic carbocycles. The van der Waals surface area contributed by atoms with Crippen molar-refractivity contribution in [2.45, 2.75) is 13.0 Å². The van der Waals surface area contributed by atoms with Gasteiger partial charge in [0.05, 0.1) is 0 Å². The number of amides is 1. The lowest BCUT2D eigenvalue weighted by molar-refractivity contribution is 0.0756. The van der Waals surface area contributed by atoms with Crippen molar-refractivity contribution in [3.8, 4) is 10.6 Å². The molecule has 0 unspecified atom stereocenters. The molecule has 4 nitrogen and oxygen atoms in total. The zero-order valence-corrected chi connectivity index (χ0v) is 16.1. The van der Waals surface area contributed by atoms with Crippen LogP contribution >= 0.6 is 22.7 Å². The minimum atomic E-state index is 0.0595. The van der Waals surface area contributed by atoms with E-state index in [0.29, 0.717) is 5.69 Å². The van der Waals surface area contributed by atoms with Crippen molar-refractivity contribution in [3.63, 3.8) is 0 Å². The third kappa shape index (κ3) is 4.03. The van der Waals surface area contributed by atoms with Gasteiger partial charge < -0.3 is 4.90 Å². The molecule has 3 aromatic rings. The fraction of sp³-hybridized carbons (Fsp3) is 0.300. The number of thiazole rings is 1. The predicted octanol–water partition coefficient (Wildman–Crippen LogP) is 4.22. The molecule has 3 heterocycles. The highest BCUT2D eigenvalue weighted by Crippen LogP contribution is 2.26. The maximum absolute atomic E-state index is 12.9. The molecule has 0 bridgehead atoms. The number of hydrogen-bond acceptors (Lipinski definition) is 5. The molecule has 0 atom stereocenters. The van der Waals surface area contributed by atoms with Crippen molar-refractivity contribution < 1.29 is 4.79 Å². The van der Waals surface area contributed by atoms with Crippen LogP contribution in [0.4, 0.5) is 0 Å². The van der Waals surface area contributed by atoms with Crippen molar-refractivity contribution >= 4 is 28.6 Å². The van der Waals surface area contributed by atoms with E-state index in [1.54, 1.807) is 22.7 Å². The zero-order chi connectivity index (χ0) is 17.8. The Hall–Kier alpha value is -2.02. The Labute approximate surface area is 161 Å². The summed E-state index contributed by atoms with van der Waals surface area (Å²) in [6.07, 6.45) is 1.00. The second kappa shape index (κ2) is 8.12. The maximum atomic E-state index is 12.9. The molecule has 1 amide bonds. The molecule has 2 aromatic heterocycles. The topological polar surface area (TPSA) is 36.4 Å². The van der Waals surface area contributed by atoms with Crippen molar-refractivity contribution in [2.24, 2.45) is 0 Å². The van der Waals surface area contributed by atoms with Gasteiger partial charge in [0, 0.05) is 49.0 Å². The van der Waals surface area contributed by atoms with Gasteiger partial charge in [0.15, 0.2) is 0 Å². The van der Waals surface area contributed by atoms with Crippen LogP contribution in [0.2, 0.25) is 0 Å². The van der Waals surface area contributed by atoms with E-state index in [9.17, 15) is 4.79 Å². The summed E-state index contributed by atoms with van der Waals surface area (Å²) in [7, 11) is 0. The second-order valence-electron chi connectivity index (χ2n) is 6.46. The number of hydrogen-bond donors (Lipinski definition) is 0. The van der Waals surface area contributed by atoms with Crippen LogP contribution in [0.1, 0.15) is 22.5 Å². The molecular weight excluding hydrogens is 362 g/mol. The number of carbonyl (C=O) groups is 1. The lowest BCUT2D eigenvalue weighted by Crippen LogP contribution is -2.35. The fourth-order valence-corrected chi connectivity index (χ4v) is 4.73. The van der Waals surface area contributed by atoms with Gasteiger partial charge in [-0.2, -0.15) is 11.3 Å². The molecule has 134 valence electrons. The first-order valence-electron chi connectivity index (χ1n) is 8.83. The largest absolute Gasteiger partial charge is 0.336 e. The molecule has 1 fully saturated rings. The quantitative estimate of drug-likeness (QED) is 0.677. The molecular formula is C20H21N3OS2. The number of thiophene rings is 1. The standard InChI is InChI=1S/C20H21N3OS2/c24-20(18-15-26-19(21-18)17-7-12-25-14-17)23-9-4-8-22(10-11-23)13-16-5-2-1-3-6-16/h1-3,5-7,12,14-15H,4,8-11,13H2. The Morgan fingerprint density at radius 2 is 1.92 bits per heavy atom. The van der Waals surface area contributed by atoms with Gasteiger partial charge in [0.25, 0.3) is 5.91 Å². The predicted molar refractivity (Wildman–Crippen MR) is 108 cm³/mol. The molecule has 1 aliphatic heterocycles. The number of rotatable bonds is 4. The summed E-state index contributed by atoms with van der Waals surface area (Å²) in [5.74, 6) is 0.0595. The normalized spacial score (nSPS) is 15.8. The van der Waals surface area contributed by atoms with E-state index >= 15 is 0 Å². The van der Waals surface area contributed by atoms with Gasteiger partial charge >= 0.3 is 0 Å². The molecule has 0 aliphatic carbocycles. The minimum absolute atomic E-state index is 0.0595. The molecule has 6 heteroatoms. The van der Waals surface area contributed by atoms with Crippen LogP contribution in [0.3, 0.4) is 0 Å². The van der Waals surface area contributed by atoms with Gasteiger partial charge in [0.2, 0.25) is 0 Å². The van der Waals surface area contributed by atoms with E-state index < -0.39 is 0 Å². The van der Waals surface area contributed by atoms with E-state index in [2.05, 4.69) is 39.5 Å². The van der Waals surface area contributed by atoms with E-state index in [1.165, 1.54) is 5.56 Å². The van der Waals surface area contributed by atoms with E-state index in [4.69, 9.17) is 0 Å². The van der Waals surface area contributed by atoms with E-state index in [1.807, 2.05) is 27.8 Å². The first-order chi connectivity index (χ1) is 12.8. The SMILES string of the molecule is O=C(c1csc(-c2ccsc2)n1)N1CCCN(Cc2ccccc2)CC1. The number of benzene rings is 1. The summed E-state index contributed by atoms with van der Waals surface area (Å²) in [6, 6.07) is 12.6. The highest BCUT2D eigenvalue weighted by molar-refractivity contribution is 7.14. The van der Waals surface area contributed by atoms with Gasteiger partial charge in [-0.15, -0.1) is 11.3 Å². The Balaban J connectivity index is 1.38. The van der Waals surface area contributed by atoms with Crippen LogP contribution in [0, 0.1) is 0 Å². The number of aromatic nitrogens is 1. The highest BCUT2D eigenvalue weighted by Gasteiger charge is 2.22. The van der Waals surface area contributed by atoms with Crippen molar-refractivity contribution in [3.05, 3.63) is 63.8 Å². The maximum Gasteiger partial charge on any atom is 0.273 e. The summed E-state index contributed by atoms with van der Waals surface area (Å²) in [4.78, 5) is 21.8. The number of carbonyl (C=O) groups excluding carboxylic acids is 1. The summed E-state index contributed by atoms with van der Waals surface area (Å²) in [6.45, 7) is 4.44. The highest BCUT2D eigenvalue weighted by atomic mass is 32.1. The lowest BCUT2D eigenvalue weighted by Gasteiger charge is -2.21. The third-order valence-electron chi connectivity index (χ3n) is 4.62. The van der Waals surface area contributed by atoms with Crippen LogP contribution in [0.5, 0.6) is 0 Å². The average Bonchev–Trinajstić information content (AvgIpc) is 3.31. The third-order valence-corrected chi connectivity index (χ3v) is 6.19. The average molecular weight is 384 g/mol. The lowest BCUT2D eigenvalue weighted by atomic mass is 10.2. The Kier molecular flexibility index (Phi) is 5.43. The molecule has 0 radical (unpaired) electrons. The summed E-state index contributed by atoms with van der Waals surface area (Å²) < 4.78 is 0. The first-order valence-corrected chi connectivity index (χ1v) is 10.7. The Morgan fingerprint density at radius 3 is 2.73 bits per heavy atom. The molecule has 1 aliphatic rings. The van der Waals surface area contributed by atoms with Crippen LogP contribution in [0.25, 0.3) is 10.6 Å². The van der Waals surface area contributed by atoms with Crippen LogP contribution < -0.4 is 0 Å². The number of nitrogens with zero attached hydrogens (tertiary/aromatic N) is 3. The molecule has 0 spiro atoms. The van der Waals surface area contributed by atoms with Gasteiger partial charge in [-0.25, -0.2) is 4.98 Å². The van der Waals surface area contributed by atoms with Gasteiger partial charge in [-0.05, 0) is 23.4 Å². The van der Waals surface area contributed by atoms with E-state index in [-0.39, 0.29) is 5.91 Å². The van der Waals surface area contributed by atoms with Gasteiger partial charge in [-0.3, -0.25) is 9.69 Å². The summed E-state index contributed by atoms with van der Waals surface area (Å²) in [5, 5.41) is 6.92. The monoisotopic (exact) mass is 383 g/mol. The van der Waals surface area contributed by atoms with Crippen molar-refractivity contribution in [1.29, 1.82) is 0 Å². The smallest absolute Gasteiger partial charge is 0.273 e. The van der Waals surface area contributed by atoms with Crippen molar-refractivity contribution in [2.75, 3.05) is 26.2 Å². The van der Waals surface area contributed by atoms with Gasteiger partial charge in [-0.1, -0.05) is 30.3 Å². The molecule has 26 heavy (non-hydrogen) atoms. The van der Waals surface area contributed by atoms with E-state index in [0.717, 1.165) is 49.7 Å². The van der Waals surface area contributed by atoms with Crippen LogP contribution in [0.15, 0.2) is 52.5 Å². The van der Waals surface area contributed by atoms with Crippen LogP contribution in [-0.4, -0.2) is 46.9 Å². The second-order valence-corrected chi connectivity index (χ2v) is 8.10. The Morgan fingerprint density at radius 1 is 1.04 bits per heavy atom. The Bertz CT molecular complexity index is 845. The minimum Gasteiger partial charge on any atom is -0.336 e. The van der Waals surface area contributed by atoms with Crippen LogP contribution in [-0.2, 0) is 6.54 Å².